The summed E-state index contributed by atoms with van der Waals surface area (Å²) in [5, 5.41) is 1.81. The maximum atomic E-state index is 13.2. The molecule has 2 aliphatic rings. The number of thiophene rings is 1. The Morgan fingerprint density at radius 2 is 1.73 bits per heavy atom. The monoisotopic (exact) mass is 607 g/mol. The number of piperazine rings is 1. The van der Waals surface area contributed by atoms with Crippen LogP contribution in [0.5, 0.6) is 0 Å². The van der Waals surface area contributed by atoms with Crippen LogP contribution < -0.4 is 16.3 Å². The smallest absolute Gasteiger partial charge is 0.280 e. The molecule has 44 heavy (non-hydrogen) atoms. The fraction of sp³-hybridized carbons (Fsp3) is 0.353. The van der Waals surface area contributed by atoms with Crippen molar-refractivity contribution in [1.82, 2.24) is 24.4 Å². The van der Waals surface area contributed by atoms with Crippen molar-refractivity contribution in [2.75, 3.05) is 50.0 Å². The van der Waals surface area contributed by atoms with Gasteiger partial charge in [-0.3, -0.25) is 14.5 Å². The molecule has 0 spiro atoms. The Kier molecular flexibility index (Phi) is 7.78. The van der Waals surface area contributed by atoms with Crippen LogP contribution in [-0.2, 0) is 24.2 Å². The highest BCUT2D eigenvalue weighted by Crippen LogP contribution is 2.33. The SMILES string of the molecule is CC(=O)N1CCc2c(sc3nc(CCCCN4CCN(c5cc(-c6ccccc6)c6ccccc6n5)CC4)n(N)c(=O)c23)C1. The number of unbranched alkanes of at least 4 members (excludes halogenated alkanes) is 1. The Morgan fingerprint density at radius 3 is 2.52 bits per heavy atom. The number of hydrogen-bond acceptors (Lipinski definition) is 8. The van der Waals surface area contributed by atoms with Crippen molar-refractivity contribution in [2.45, 2.75) is 39.2 Å². The Morgan fingerprint density at radius 1 is 0.955 bits per heavy atom. The van der Waals surface area contributed by atoms with Gasteiger partial charge in [0.1, 0.15) is 16.5 Å². The molecule has 1 saturated heterocycles. The van der Waals surface area contributed by atoms with Crippen LogP contribution in [0.4, 0.5) is 5.82 Å². The van der Waals surface area contributed by atoms with Gasteiger partial charge < -0.3 is 15.6 Å². The molecule has 0 atom stereocenters. The molecule has 1 amide bonds. The van der Waals surface area contributed by atoms with E-state index in [1.165, 1.54) is 32.5 Å². The molecule has 9 nitrogen and oxygen atoms in total. The van der Waals surface area contributed by atoms with Gasteiger partial charge in [-0.05, 0) is 54.6 Å². The van der Waals surface area contributed by atoms with Gasteiger partial charge in [-0.1, -0.05) is 48.5 Å². The molecule has 0 aliphatic carbocycles. The molecule has 3 aromatic heterocycles. The molecular formula is C34H37N7O2S. The van der Waals surface area contributed by atoms with E-state index in [1.54, 1.807) is 6.92 Å². The van der Waals surface area contributed by atoms with Gasteiger partial charge >= 0.3 is 0 Å². The first kappa shape index (κ1) is 28.5. The third-order valence-electron chi connectivity index (χ3n) is 9.03. The van der Waals surface area contributed by atoms with Gasteiger partial charge in [-0.15, -0.1) is 11.3 Å². The summed E-state index contributed by atoms with van der Waals surface area (Å²) in [5.74, 6) is 7.98. The van der Waals surface area contributed by atoms with Crippen molar-refractivity contribution in [2.24, 2.45) is 0 Å². The number of carbonyl (C=O) groups excluding carboxylic acids is 1. The minimum absolute atomic E-state index is 0.0574. The maximum absolute atomic E-state index is 13.2. The van der Waals surface area contributed by atoms with Crippen LogP contribution >= 0.6 is 11.3 Å². The zero-order chi connectivity index (χ0) is 30.2. The van der Waals surface area contributed by atoms with Gasteiger partial charge in [-0.2, -0.15) is 0 Å². The summed E-state index contributed by atoms with van der Waals surface area (Å²) in [5.41, 5.74) is 4.30. The summed E-state index contributed by atoms with van der Waals surface area (Å²) in [6.07, 6.45) is 3.25. The van der Waals surface area contributed by atoms with E-state index in [0.29, 0.717) is 37.1 Å². The standard InChI is InChI=1S/C34H37N7O2S/c1-23(42)40-16-14-26-29(22-40)44-33-32(26)34(43)41(35)30(37-33)13-7-8-15-38-17-19-39(20-18-38)31-21-27(24-9-3-2-4-10-24)25-11-5-6-12-28(25)36-31/h2-6,9-12,21H,7-8,13-20,22,35H2,1H3. The zero-order valence-electron chi connectivity index (χ0n) is 25.0. The van der Waals surface area contributed by atoms with Crippen LogP contribution in [0.2, 0.25) is 0 Å². The lowest BCUT2D eigenvalue weighted by Gasteiger charge is -2.35. The van der Waals surface area contributed by atoms with Crippen molar-refractivity contribution in [3.05, 3.63) is 87.3 Å². The Hall–Kier alpha value is -4.28. The van der Waals surface area contributed by atoms with E-state index in [2.05, 4.69) is 70.5 Å². The van der Waals surface area contributed by atoms with Gasteiger partial charge in [-0.25, -0.2) is 14.6 Å². The summed E-state index contributed by atoms with van der Waals surface area (Å²) in [6.45, 7) is 7.60. The number of fused-ring (bicyclic) bond motifs is 4. The average Bonchev–Trinajstić information content (AvgIpc) is 3.43. The first-order chi connectivity index (χ1) is 21.5. The predicted molar refractivity (Wildman–Crippen MR) is 178 cm³/mol. The largest absolute Gasteiger partial charge is 0.354 e. The number of hydrogen-bond donors (Lipinski definition) is 1. The number of para-hydroxylation sites is 1. The molecule has 5 aromatic rings. The zero-order valence-corrected chi connectivity index (χ0v) is 25.9. The van der Waals surface area contributed by atoms with E-state index in [-0.39, 0.29) is 11.5 Å². The minimum atomic E-state index is -0.174. The lowest BCUT2D eigenvalue weighted by atomic mass is 10.0. The quantitative estimate of drug-likeness (QED) is 0.216. The molecule has 0 bridgehead atoms. The number of anilines is 1. The molecule has 226 valence electrons. The molecule has 0 radical (unpaired) electrons. The molecule has 2 aliphatic heterocycles. The highest BCUT2D eigenvalue weighted by Gasteiger charge is 2.26. The molecule has 1 fully saturated rings. The van der Waals surface area contributed by atoms with Gasteiger partial charge in [0.15, 0.2) is 0 Å². The van der Waals surface area contributed by atoms with Gasteiger partial charge in [0.05, 0.1) is 17.4 Å². The number of carbonyl (C=O) groups is 1. The number of benzene rings is 2. The topological polar surface area (TPSA) is 101 Å². The Bertz CT molecular complexity index is 1890. The Balaban J connectivity index is 0.966. The van der Waals surface area contributed by atoms with Crippen LogP contribution in [0.1, 0.15) is 36.0 Å². The van der Waals surface area contributed by atoms with Gasteiger partial charge in [0, 0.05) is 56.3 Å². The lowest BCUT2D eigenvalue weighted by molar-refractivity contribution is -0.129. The van der Waals surface area contributed by atoms with Gasteiger partial charge in [0.25, 0.3) is 5.56 Å². The summed E-state index contributed by atoms with van der Waals surface area (Å²) in [6, 6.07) is 21.2. The number of pyridine rings is 1. The van der Waals surface area contributed by atoms with Crippen LogP contribution in [0, 0.1) is 0 Å². The van der Waals surface area contributed by atoms with E-state index >= 15 is 0 Å². The first-order valence-electron chi connectivity index (χ1n) is 15.5. The lowest BCUT2D eigenvalue weighted by Crippen LogP contribution is -2.47. The highest BCUT2D eigenvalue weighted by atomic mass is 32.1. The first-order valence-corrected chi connectivity index (χ1v) is 16.3. The Labute approximate surface area is 260 Å². The second kappa shape index (κ2) is 12.0. The summed E-state index contributed by atoms with van der Waals surface area (Å²) in [7, 11) is 0. The maximum Gasteiger partial charge on any atom is 0.280 e. The predicted octanol–water partition coefficient (Wildman–Crippen LogP) is 4.44. The molecular weight excluding hydrogens is 570 g/mol. The van der Waals surface area contributed by atoms with Crippen molar-refractivity contribution in [3.8, 4) is 11.1 Å². The number of nitrogen functional groups attached to an aromatic ring is 1. The highest BCUT2D eigenvalue weighted by molar-refractivity contribution is 7.18. The molecule has 7 rings (SSSR count). The molecule has 2 aromatic carbocycles. The van der Waals surface area contributed by atoms with Gasteiger partial charge in [0.2, 0.25) is 5.91 Å². The van der Waals surface area contributed by atoms with Crippen LogP contribution in [0.15, 0.2) is 65.5 Å². The fourth-order valence-corrected chi connectivity index (χ4v) is 7.79. The van der Waals surface area contributed by atoms with Crippen LogP contribution in [0.25, 0.3) is 32.2 Å². The number of aryl methyl sites for hydroxylation is 1. The molecule has 10 heteroatoms. The van der Waals surface area contributed by atoms with Crippen LogP contribution in [0.3, 0.4) is 0 Å². The normalized spacial score (nSPS) is 15.7. The van der Waals surface area contributed by atoms with Crippen molar-refractivity contribution in [1.29, 1.82) is 0 Å². The minimum Gasteiger partial charge on any atom is -0.354 e. The van der Waals surface area contributed by atoms with Crippen molar-refractivity contribution >= 4 is 44.2 Å². The third-order valence-corrected chi connectivity index (χ3v) is 10.1. The second-order valence-corrected chi connectivity index (χ2v) is 12.9. The van der Waals surface area contributed by atoms with E-state index < -0.39 is 0 Å². The number of rotatable bonds is 7. The van der Waals surface area contributed by atoms with E-state index in [1.807, 2.05) is 4.90 Å². The van der Waals surface area contributed by atoms with Crippen LogP contribution in [-0.4, -0.2) is 69.6 Å². The molecule has 2 N–H and O–H groups in total. The number of amides is 1. The molecule has 0 unspecified atom stereocenters. The molecule has 0 saturated carbocycles. The summed E-state index contributed by atoms with van der Waals surface area (Å²) in [4.78, 5) is 43.4. The van der Waals surface area contributed by atoms with E-state index in [4.69, 9.17) is 15.8 Å². The van der Waals surface area contributed by atoms with E-state index in [9.17, 15) is 9.59 Å². The van der Waals surface area contributed by atoms with E-state index in [0.717, 1.165) is 72.2 Å². The fourth-order valence-electron chi connectivity index (χ4n) is 6.54. The number of nitrogens with zero attached hydrogens (tertiary/aromatic N) is 6. The molecule has 5 heterocycles. The number of aromatic nitrogens is 3. The van der Waals surface area contributed by atoms with Crippen molar-refractivity contribution in [3.63, 3.8) is 0 Å². The summed E-state index contributed by atoms with van der Waals surface area (Å²) >= 11 is 1.53. The average molecular weight is 608 g/mol. The second-order valence-electron chi connectivity index (χ2n) is 11.8. The third kappa shape index (κ3) is 5.44. The number of nitrogens with two attached hydrogens (primary N) is 1. The van der Waals surface area contributed by atoms with Crippen molar-refractivity contribution < 1.29 is 4.79 Å². The summed E-state index contributed by atoms with van der Waals surface area (Å²) < 4.78 is 1.24.